The number of carbonyl (C=O) groups excluding carboxylic acids is 1. The summed E-state index contributed by atoms with van der Waals surface area (Å²) in [5.41, 5.74) is 0.432. The average molecular weight is 289 g/mol. The van der Waals surface area contributed by atoms with Crippen LogP contribution in [-0.2, 0) is 20.8 Å². The number of ether oxygens (including phenoxy) is 3. The van der Waals surface area contributed by atoms with E-state index in [9.17, 15) is 13.6 Å². The standard InChI is InChI=1S/C13H17F2NO4/c1-18-4-3-16-7-9-5-10(14)13(11(15)6-9)20-8-12(17)19-2/h5-6,16H,3-4,7-8H2,1-2H3. The normalized spacial score (nSPS) is 10.4. The molecule has 1 rings (SSSR count). The second-order valence-corrected chi connectivity index (χ2v) is 3.92. The van der Waals surface area contributed by atoms with Crippen molar-refractivity contribution in [1.29, 1.82) is 0 Å². The van der Waals surface area contributed by atoms with E-state index in [1.807, 2.05) is 0 Å². The predicted molar refractivity (Wildman–Crippen MR) is 67.5 cm³/mol. The maximum absolute atomic E-state index is 13.7. The van der Waals surface area contributed by atoms with Crippen LogP contribution >= 0.6 is 0 Å². The van der Waals surface area contributed by atoms with E-state index in [1.165, 1.54) is 0 Å². The second kappa shape index (κ2) is 8.44. The van der Waals surface area contributed by atoms with Crippen LogP contribution in [0.2, 0.25) is 0 Å². The highest BCUT2D eigenvalue weighted by atomic mass is 19.1. The fourth-order valence-electron chi connectivity index (χ4n) is 1.45. The molecule has 0 fully saturated rings. The van der Waals surface area contributed by atoms with Crippen molar-refractivity contribution >= 4 is 5.97 Å². The number of hydrogen-bond donors (Lipinski definition) is 1. The summed E-state index contributed by atoms with van der Waals surface area (Å²) >= 11 is 0. The van der Waals surface area contributed by atoms with Gasteiger partial charge in [0.1, 0.15) is 0 Å². The maximum atomic E-state index is 13.7. The zero-order valence-corrected chi connectivity index (χ0v) is 11.4. The van der Waals surface area contributed by atoms with E-state index >= 15 is 0 Å². The monoisotopic (exact) mass is 289 g/mol. The van der Waals surface area contributed by atoms with Gasteiger partial charge in [0.05, 0.1) is 13.7 Å². The van der Waals surface area contributed by atoms with E-state index in [1.54, 1.807) is 7.11 Å². The van der Waals surface area contributed by atoms with E-state index in [2.05, 4.69) is 10.1 Å². The quantitative estimate of drug-likeness (QED) is 0.576. The lowest BCUT2D eigenvalue weighted by molar-refractivity contribution is -0.143. The summed E-state index contributed by atoms with van der Waals surface area (Å²) in [6, 6.07) is 2.30. The number of esters is 1. The second-order valence-electron chi connectivity index (χ2n) is 3.92. The van der Waals surface area contributed by atoms with Gasteiger partial charge in [-0.15, -0.1) is 0 Å². The average Bonchev–Trinajstić information content (AvgIpc) is 2.42. The molecule has 0 saturated carbocycles. The molecule has 0 bridgehead atoms. The molecule has 1 N–H and O–H groups in total. The molecule has 0 amide bonds. The van der Waals surface area contributed by atoms with Crippen LogP contribution in [0.5, 0.6) is 5.75 Å². The smallest absolute Gasteiger partial charge is 0.343 e. The first kappa shape index (κ1) is 16.3. The molecule has 112 valence electrons. The zero-order chi connectivity index (χ0) is 15.0. The molecule has 1 aromatic carbocycles. The Morgan fingerprint density at radius 3 is 2.45 bits per heavy atom. The van der Waals surface area contributed by atoms with Gasteiger partial charge in [-0.3, -0.25) is 0 Å². The van der Waals surface area contributed by atoms with Crippen molar-refractivity contribution in [3.8, 4) is 5.75 Å². The molecular weight excluding hydrogens is 272 g/mol. The Kier molecular flexibility index (Phi) is 6.89. The van der Waals surface area contributed by atoms with Gasteiger partial charge >= 0.3 is 5.97 Å². The van der Waals surface area contributed by atoms with Crippen molar-refractivity contribution in [3.63, 3.8) is 0 Å². The van der Waals surface area contributed by atoms with Crippen molar-refractivity contribution in [2.75, 3.05) is 34.0 Å². The van der Waals surface area contributed by atoms with Gasteiger partial charge in [0.25, 0.3) is 0 Å². The minimum absolute atomic E-state index is 0.300. The fraction of sp³-hybridized carbons (Fsp3) is 0.462. The largest absolute Gasteiger partial charge is 0.476 e. The molecule has 0 saturated heterocycles. The van der Waals surface area contributed by atoms with Gasteiger partial charge in [-0.05, 0) is 17.7 Å². The number of halogens is 2. The minimum Gasteiger partial charge on any atom is -0.476 e. The van der Waals surface area contributed by atoms with Crippen molar-refractivity contribution in [2.45, 2.75) is 6.54 Å². The van der Waals surface area contributed by atoms with Crippen molar-refractivity contribution < 1.29 is 27.8 Å². The molecule has 0 radical (unpaired) electrons. The van der Waals surface area contributed by atoms with Crippen LogP contribution in [0.3, 0.4) is 0 Å². The summed E-state index contributed by atoms with van der Waals surface area (Å²) in [4.78, 5) is 10.9. The van der Waals surface area contributed by atoms with Gasteiger partial charge in [-0.25, -0.2) is 13.6 Å². The Bertz CT molecular complexity index is 431. The summed E-state index contributed by atoms with van der Waals surface area (Å²) in [7, 11) is 2.72. The first-order chi connectivity index (χ1) is 9.58. The predicted octanol–water partition coefficient (Wildman–Crippen LogP) is 1.25. The van der Waals surface area contributed by atoms with Gasteiger partial charge in [0.2, 0.25) is 0 Å². The Morgan fingerprint density at radius 1 is 1.25 bits per heavy atom. The molecule has 7 heteroatoms. The number of hydrogen-bond acceptors (Lipinski definition) is 5. The third-order valence-electron chi connectivity index (χ3n) is 2.43. The molecule has 0 aliphatic rings. The van der Waals surface area contributed by atoms with Crippen LogP contribution in [0.1, 0.15) is 5.56 Å². The third-order valence-corrected chi connectivity index (χ3v) is 2.43. The number of benzene rings is 1. The third kappa shape index (κ3) is 5.10. The van der Waals surface area contributed by atoms with Crippen LogP contribution in [0.4, 0.5) is 8.78 Å². The Morgan fingerprint density at radius 2 is 1.90 bits per heavy atom. The van der Waals surface area contributed by atoms with Crippen molar-refractivity contribution in [2.24, 2.45) is 0 Å². The van der Waals surface area contributed by atoms with Crippen LogP contribution in [-0.4, -0.2) is 39.9 Å². The highest BCUT2D eigenvalue weighted by Gasteiger charge is 2.14. The molecular formula is C13H17F2NO4. The van der Waals surface area contributed by atoms with E-state index in [-0.39, 0.29) is 0 Å². The minimum atomic E-state index is -0.863. The first-order valence-electron chi connectivity index (χ1n) is 5.95. The van der Waals surface area contributed by atoms with Gasteiger partial charge in [-0.1, -0.05) is 0 Å². The van der Waals surface area contributed by atoms with Crippen molar-refractivity contribution in [1.82, 2.24) is 5.32 Å². The van der Waals surface area contributed by atoms with Gasteiger partial charge in [0.15, 0.2) is 24.0 Å². The van der Waals surface area contributed by atoms with E-state index in [0.717, 1.165) is 19.2 Å². The van der Waals surface area contributed by atoms with Crippen LogP contribution in [0, 0.1) is 11.6 Å². The summed E-state index contributed by atoms with van der Waals surface area (Å²) in [5, 5.41) is 2.96. The lowest BCUT2D eigenvalue weighted by Gasteiger charge is -2.10. The lowest BCUT2D eigenvalue weighted by atomic mass is 10.2. The van der Waals surface area contributed by atoms with Gasteiger partial charge in [-0.2, -0.15) is 0 Å². The van der Waals surface area contributed by atoms with Crippen LogP contribution < -0.4 is 10.1 Å². The number of rotatable bonds is 8. The summed E-state index contributed by atoms with van der Waals surface area (Å²) in [6.45, 7) is 0.829. The maximum Gasteiger partial charge on any atom is 0.343 e. The molecule has 0 atom stereocenters. The fourth-order valence-corrected chi connectivity index (χ4v) is 1.45. The molecule has 0 aliphatic carbocycles. The van der Waals surface area contributed by atoms with Crippen LogP contribution in [0.15, 0.2) is 12.1 Å². The van der Waals surface area contributed by atoms with E-state index in [4.69, 9.17) is 9.47 Å². The summed E-state index contributed by atoms with van der Waals surface area (Å²) in [5.74, 6) is -3.03. The molecule has 20 heavy (non-hydrogen) atoms. The molecule has 1 aromatic rings. The topological polar surface area (TPSA) is 56.8 Å². The highest BCUT2D eigenvalue weighted by Crippen LogP contribution is 2.23. The molecule has 0 unspecified atom stereocenters. The Hall–Kier alpha value is -1.73. The summed E-state index contributed by atoms with van der Waals surface area (Å²) < 4.78 is 41.3. The molecule has 5 nitrogen and oxygen atoms in total. The van der Waals surface area contributed by atoms with Crippen molar-refractivity contribution in [3.05, 3.63) is 29.3 Å². The lowest BCUT2D eigenvalue weighted by Crippen LogP contribution is -2.19. The Labute approximate surface area is 115 Å². The number of nitrogens with one attached hydrogen (secondary N) is 1. The van der Waals surface area contributed by atoms with E-state index < -0.39 is 30.0 Å². The Balaban J connectivity index is 2.63. The molecule has 0 aliphatic heterocycles. The zero-order valence-electron chi connectivity index (χ0n) is 11.4. The highest BCUT2D eigenvalue weighted by molar-refractivity contribution is 5.70. The summed E-state index contributed by atoms with van der Waals surface area (Å²) in [6.07, 6.45) is 0. The SMILES string of the molecule is COCCNCc1cc(F)c(OCC(=O)OC)c(F)c1. The van der Waals surface area contributed by atoms with E-state index in [0.29, 0.717) is 25.3 Å². The van der Waals surface area contributed by atoms with Gasteiger partial charge < -0.3 is 19.5 Å². The van der Waals surface area contributed by atoms with Gasteiger partial charge in [0, 0.05) is 20.2 Å². The van der Waals surface area contributed by atoms with Crippen LogP contribution in [0.25, 0.3) is 0 Å². The molecule has 0 aromatic heterocycles. The molecule has 0 spiro atoms. The number of methoxy groups -OCH3 is 2. The molecule has 0 heterocycles. The first-order valence-corrected chi connectivity index (χ1v) is 5.95. The number of carbonyl (C=O) groups is 1.